The number of carboxylic acid groups (broad SMARTS) is 1. The van der Waals surface area contributed by atoms with E-state index in [1.807, 2.05) is 6.92 Å². The Hall–Kier alpha value is -1.15. The molecule has 1 aromatic rings. The summed E-state index contributed by atoms with van der Waals surface area (Å²) in [7, 11) is -2.97. The number of carbonyl (C=O) groups is 1. The highest BCUT2D eigenvalue weighted by Crippen LogP contribution is 2.28. The third-order valence-electron chi connectivity index (χ3n) is 2.80. The van der Waals surface area contributed by atoms with Gasteiger partial charge in [-0.3, -0.25) is 4.79 Å². The Kier molecular flexibility index (Phi) is 3.33. The van der Waals surface area contributed by atoms with E-state index in [-0.39, 0.29) is 17.9 Å². The van der Waals surface area contributed by atoms with E-state index in [1.165, 1.54) is 11.3 Å². The molecule has 0 saturated carbocycles. The van der Waals surface area contributed by atoms with E-state index in [9.17, 15) is 13.2 Å². The largest absolute Gasteiger partial charge is 0.481 e. The van der Waals surface area contributed by atoms with Crippen molar-refractivity contribution in [1.29, 1.82) is 0 Å². The molecule has 0 aromatic carbocycles. The lowest BCUT2D eigenvalue weighted by molar-refractivity contribution is -0.136. The number of nitrogens with one attached hydrogen (secondary N) is 1. The van der Waals surface area contributed by atoms with Crippen LogP contribution in [0.4, 0.5) is 5.13 Å². The summed E-state index contributed by atoms with van der Waals surface area (Å²) >= 11 is 1.30. The number of rotatable bonds is 4. The van der Waals surface area contributed by atoms with Crippen LogP contribution in [0.1, 0.15) is 19.0 Å². The van der Waals surface area contributed by atoms with E-state index < -0.39 is 21.3 Å². The summed E-state index contributed by atoms with van der Waals surface area (Å²) in [5.41, 5.74) is -0.0172. The molecule has 1 aliphatic heterocycles. The van der Waals surface area contributed by atoms with E-state index in [0.717, 1.165) is 0 Å². The first-order chi connectivity index (χ1) is 8.28. The van der Waals surface area contributed by atoms with Crippen LogP contribution >= 0.6 is 11.3 Å². The number of anilines is 1. The predicted molar refractivity (Wildman–Crippen MR) is 68.8 cm³/mol. The molecule has 1 atom stereocenters. The molecule has 2 heterocycles. The molecule has 0 amide bonds. The summed E-state index contributed by atoms with van der Waals surface area (Å²) in [6, 6.07) is 0. The summed E-state index contributed by atoms with van der Waals surface area (Å²) < 4.78 is 22.9. The van der Waals surface area contributed by atoms with E-state index >= 15 is 0 Å². The van der Waals surface area contributed by atoms with Crippen molar-refractivity contribution in [3.63, 3.8) is 0 Å². The van der Waals surface area contributed by atoms with Gasteiger partial charge in [0.15, 0.2) is 15.0 Å². The van der Waals surface area contributed by atoms with Gasteiger partial charge >= 0.3 is 5.97 Å². The summed E-state index contributed by atoms with van der Waals surface area (Å²) in [4.78, 5) is 14.7. The zero-order chi connectivity index (χ0) is 13.4. The number of carboxylic acids is 1. The van der Waals surface area contributed by atoms with Crippen LogP contribution in [0.25, 0.3) is 0 Å². The highest BCUT2D eigenvalue weighted by Gasteiger charge is 2.38. The van der Waals surface area contributed by atoms with Gasteiger partial charge in [0, 0.05) is 5.38 Å². The fraction of sp³-hybridized carbons (Fsp3) is 0.600. The van der Waals surface area contributed by atoms with E-state index in [4.69, 9.17) is 5.11 Å². The number of aliphatic carboxylic acids is 1. The number of aromatic nitrogens is 1. The molecule has 0 aliphatic carbocycles. The standard InChI is InChI=1S/C10H14N2O4S2/c1-10(2-3-18(15,16)6-10)12-9-11-7(5-17-9)4-8(13)14/h5H,2-4,6H2,1H3,(H,11,12)(H,13,14). The first-order valence-electron chi connectivity index (χ1n) is 5.43. The van der Waals surface area contributed by atoms with Crippen molar-refractivity contribution in [2.24, 2.45) is 0 Å². The van der Waals surface area contributed by atoms with Gasteiger partial charge in [-0.25, -0.2) is 13.4 Å². The monoisotopic (exact) mass is 290 g/mol. The normalized spacial score (nSPS) is 26.1. The SMILES string of the molecule is CC1(Nc2nc(CC(=O)O)cs2)CCS(=O)(=O)C1. The number of nitrogens with zero attached hydrogens (tertiary/aromatic N) is 1. The van der Waals surface area contributed by atoms with Gasteiger partial charge in [0.2, 0.25) is 0 Å². The Morgan fingerprint density at radius 2 is 2.39 bits per heavy atom. The van der Waals surface area contributed by atoms with Crippen molar-refractivity contribution >= 4 is 32.3 Å². The number of hydrogen-bond donors (Lipinski definition) is 2. The molecule has 1 aliphatic rings. The summed E-state index contributed by atoms with van der Waals surface area (Å²) in [5.74, 6) is -0.654. The van der Waals surface area contributed by atoms with Crippen LogP contribution in [0.2, 0.25) is 0 Å². The number of thiazole rings is 1. The molecule has 1 unspecified atom stereocenters. The molecule has 1 aromatic heterocycles. The fourth-order valence-corrected chi connectivity index (χ4v) is 4.92. The van der Waals surface area contributed by atoms with Crippen LogP contribution < -0.4 is 5.32 Å². The first-order valence-corrected chi connectivity index (χ1v) is 8.13. The van der Waals surface area contributed by atoms with Gasteiger partial charge in [-0.05, 0) is 13.3 Å². The molecule has 2 N–H and O–H groups in total. The minimum Gasteiger partial charge on any atom is -0.481 e. The van der Waals surface area contributed by atoms with Gasteiger partial charge in [0.05, 0.1) is 29.2 Å². The lowest BCUT2D eigenvalue weighted by atomic mass is 10.0. The van der Waals surface area contributed by atoms with E-state index in [1.54, 1.807) is 5.38 Å². The second kappa shape index (κ2) is 4.51. The van der Waals surface area contributed by atoms with Crippen LogP contribution in [-0.4, -0.2) is 41.5 Å². The average molecular weight is 290 g/mol. The minimum absolute atomic E-state index is 0.0911. The zero-order valence-electron chi connectivity index (χ0n) is 9.84. The second-order valence-electron chi connectivity index (χ2n) is 4.74. The maximum atomic E-state index is 11.5. The van der Waals surface area contributed by atoms with Gasteiger partial charge in [-0.1, -0.05) is 0 Å². The zero-order valence-corrected chi connectivity index (χ0v) is 11.5. The van der Waals surface area contributed by atoms with Gasteiger partial charge in [0.25, 0.3) is 0 Å². The summed E-state index contributed by atoms with van der Waals surface area (Å²) in [6.07, 6.45) is 0.427. The highest BCUT2D eigenvalue weighted by atomic mass is 32.2. The lowest BCUT2D eigenvalue weighted by Crippen LogP contribution is -2.35. The fourth-order valence-electron chi connectivity index (χ4n) is 1.97. The Labute approximate surface area is 109 Å². The number of sulfone groups is 1. The molecule has 18 heavy (non-hydrogen) atoms. The van der Waals surface area contributed by atoms with Crippen LogP contribution in [0.3, 0.4) is 0 Å². The lowest BCUT2D eigenvalue weighted by Gasteiger charge is -2.23. The molecule has 2 rings (SSSR count). The molecule has 1 saturated heterocycles. The first kappa shape index (κ1) is 13.3. The summed E-state index contributed by atoms with van der Waals surface area (Å²) in [5, 5.41) is 14.0. The minimum atomic E-state index is -2.97. The highest BCUT2D eigenvalue weighted by molar-refractivity contribution is 7.91. The van der Waals surface area contributed by atoms with Crippen molar-refractivity contribution in [3.05, 3.63) is 11.1 Å². The molecular formula is C10H14N2O4S2. The average Bonchev–Trinajstić information content (AvgIpc) is 2.71. The molecule has 8 heteroatoms. The Balaban J connectivity index is 2.06. The molecule has 1 fully saturated rings. The van der Waals surface area contributed by atoms with Crippen molar-refractivity contribution in [2.75, 3.05) is 16.8 Å². The van der Waals surface area contributed by atoms with Gasteiger partial charge in [0.1, 0.15) is 0 Å². The molecule has 0 spiro atoms. The van der Waals surface area contributed by atoms with Gasteiger partial charge in [-0.15, -0.1) is 11.3 Å². The maximum Gasteiger partial charge on any atom is 0.309 e. The van der Waals surface area contributed by atoms with Crippen LogP contribution in [-0.2, 0) is 21.1 Å². The Morgan fingerprint density at radius 3 is 2.94 bits per heavy atom. The molecule has 0 radical (unpaired) electrons. The van der Waals surface area contributed by atoms with E-state index in [2.05, 4.69) is 10.3 Å². The third-order valence-corrected chi connectivity index (χ3v) is 5.51. The quantitative estimate of drug-likeness (QED) is 0.850. The molecule has 0 bridgehead atoms. The van der Waals surface area contributed by atoms with Crippen LogP contribution in [0, 0.1) is 0 Å². The second-order valence-corrected chi connectivity index (χ2v) is 7.78. The number of hydrogen-bond acceptors (Lipinski definition) is 6. The van der Waals surface area contributed by atoms with Gasteiger partial charge < -0.3 is 10.4 Å². The van der Waals surface area contributed by atoms with Crippen LogP contribution in [0.15, 0.2) is 5.38 Å². The summed E-state index contributed by atoms with van der Waals surface area (Å²) in [6.45, 7) is 1.84. The third kappa shape index (κ3) is 3.20. The topological polar surface area (TPSA) is 96.4 Å². The van der Waals surface area contributed by atoms with Crippen molar-refractivity contribution in [3.8, 4) is 0 Å². The molecule has 100 valence electrons. The van der Waals surface area contributed by atoms with Crippen molar-refractivity contribution in [1.82, 2.24) is 4.98 Å². The molecule has 6 nitrogen and oxygen atoms in total. The van der Waals surface area contributed by atoms with Crippen molar-refractivity contribution in [2.45, 2.75) is 25.3 Å². The van der Waals surface area contributed by atoms with E-state index in [0.29, 0.717) is 17.2 Å². The Morgan fingerprint density at radius 1 is 1.67 bits per heavy atom. The molecular weight excluding hydrogens is 276 g/mol. The van der Waals surface area contributed by atoms with Crippen molar-refractivity contribution < 1.29 is 18.3 Å². The predicted octanol–water partition coefficient (Wildman–Crippen LogP) is 0.759. The van der Waals surface area contributed by atoms with Gasteiger partial charge in [-0.2, -0.15) is 0 Å². The maximum absolute atomic E-state index is 11.5. The Bertz CT molecular complexity index is 566. The smallest absolute Gasteiger partial charge is 0.309 e. The van der Waals surface area contributed by atoms with Crippen LogP contribution in [0.5, 0.6) is 0 Å².